The second kappa shape index (κ2) is 8.89. The molecule has 0 atom stereocenters. The minimum atomic E-state index is -0.488. The van der Waals surface area contributed by atoms with Crippen LogP contribution in [0.4, 0.5) is 0 Å². The first-order valence-corrected chi connectivity index (χ1v) is 9.38. The van der Waals surface area contributed by atoms with Gasteiger partial charge in [-0.25, -0.2) is 9.59 Å². The SMILES string of the molecule is CCOC(=O)/C=C1\SCC(=O)N1CCOC(=O)c1c(C)cc(C)cc1C. The van der Waals surface area contributed by atoms with E-state index >= 15 is 0 Å². The number of rotatable bonds is 6. The number of amides is 1. The molecule has 1 amide bonds. The monoisotopic (exact) mass is 377 g/mol. The van der Waals surface area contributed by atoms with Crippen molar-refractivity contribution in [3.05, 3.63) is 45.5 Å². The molecule has 1 aliphatic rings. The maximum absolute atomic E-state index is 12.4. The van der Waals surface area contributed by atoms with E-state index in [0.717, 1.165) is 16.7 Å². The molecule has 1 fully saturated rings. The minimum absolute atomic E-state index is 0.0536. The first-order chi connectivity index (χ1) is 12.3. The molecule has 0 saturated carbocycles. The van der Waals surface area contributed by atoms with Crippen LogP contribution in [-0.2, 0) is 19.1 Å². The van der Waals surface area contributed by atoms with Crippen molar-refractivity contribution in [1.29, 1.82) is 0 Å². The molecule has 1 aliphatic heterocycles. The number of carbonyl (C=O) groups excluding carboxylic acids is 3. The lowest BCUT2D eigenvalue weighted by molar-refractivity contribution is -0.137. The van der Waals surface area contributed by atoms with Gasteiger partial charge in [0.15, 0.2) is 0 Å². The van der Waals surface area contributed by atoms with Crippen molar-refractivity contribution in [2.24, 2.45) is 0 Å². The number of nitrogens with zero attached hydrogens (tertiary/aromatic N) is 1. The number of esters is 2. The third kappa shape index (κ3) is 4.88. The lowest BCUT2D eigenvalue weighted by Gasteiger charge is -2.17. The number of thioether (sulfide) groups is 1. The van der Waals surface area contributed by atoms with Crippen LogP contribution in [0, 0.1) is 20.8 Å². The summed E-state index contributed by atoms with van der Waals surface area (Å²) in [7, 11) is 0. The van der Waals surface area contributed by atoms with E-state index in [1.807, 2.05) is 32.9 Å². The summed E-state index contributed by atoms with van der Waals surface area (Å²) >= 11 is 1.27. The zero-order valence-electron chi connectivity index (χ0n) is 15.5. The van der Waals surface area contributed by atoms with Crippen molar-refractivity contribution in [2.45, 2.75) is 27.7 Å². The molecule has 6 nitrogen and oxygen atoms in total. The van der Waals surface area contributed by atoms with Crippen molar-refractivity contribution >= 4 is 29.6 Å². The van der Waals surface area contributed by atoms with Crippen molar-refractivity contribution in [1.82, 2.24) is 4.90 Å². The van der Waals surface area contributed by atoms with Crippen LogP contribution < -0.4 is 0 Å². The highest BCUT2D eigenvalue weighted by Gasteiger charge is 2.27. The third-order valence-electron chi connectivity index (χ3n) is 3.87. The van der Waals surface area contributed by atoms with Gasteiger partial charge < -0.3 is 14.4 Å². The van der Waals surface area contributed by atoms with Gasteiger partial charge in [-0.2, -0.15) is 0 Å². The van der Waals surface area contributed by atoms with Gasteiger partial charge in [0, 0.05) is 0 Å². The Kier molecular flexibility index (Phi) is 6.85. The summed E-state index contributed by atoms with van der Waals surface area (Å²) in [6, 6.07) is 3.87. The molecular weight excluding hydrogens is 354 g/mol. The van der Waals surface area contributed by atoms with Gasteiger partial charge in [-0.3, -0.25) is 4.79 Å². The summed E-state index contributed by atoms with van der Waals surface area (Å²) < 4.78 is 10.2. The van der Waals surface area contributed by atoms with Gasteiger partial charge in [0.05, 0.1) is 35.6 Å². The molecular formula is C19H23NO5S. The Morgan fingerprint density at radius 1 is 1.19 bits per heavy atom. The number of carbonyl (C=O) groups is 3. The first kappa shape index (κ1) is 20.0. The molecule has 7 heteroatoms. The highest BCUT2D eigenvalue weighted by molar-refractivity contribution is 8.04. The van der Waals surface area contributed by atoms with Crippen molar-refractivity contribution in [3.63, 3.8) is 0 Å². The number of hydrogen-bond acceptors (Lipinski definition) is 6. The smallest absolute Gasteiger partial charge is 0.338 e. The third-order valence-corrected chi connectivity index (χ3v) is 4.89. The van der Waals surface area contributed by atoms with Crippen LogP contribution in [0.3, 0.4) is 0 Å². The van der Waals surface area contributed by atoms with E-state index in [-0.39, 0.29) is 31.4 Å². The number of aryl methyl sites for hydroxylation is 3. The fraction of sp³-hybridized carbons (Fsp3) is 0.421. The van der Waals surface area contributed by atoms with E-state index in [9.17, 15) is 14.4 Å². The highest BCUT2D eigenvalue weighted by atomic mass is 32.2. The van der Waals surface area contributed by atoms with Crippen LogP contribution in [0.15, 0.2) is 23.2 Å². The standard InChI is InChI=1S/C19H23NO5S/c1-5-24-17(22)10-16-20(15(21)11-26-16)6-7-25-19(23)18-13(3)8-12(2)9-14(18)4/h8-10H,5-7,11H2,1-4H3/b16-10-. The minimum Gasteiger partial charge on any atom is -0.463 e. The van der Waals surface area contributed by atoms with Crippen LogP contribution >= 0.6 is 11.8 Å². The van der Waals surface area contributed by atoms with E-state index in [1.165, 1.54) is 22.7 Å². The topological polar surface area (TPSA) is 72.9 Å². The quantitative estimate of drug-likeness (QED) is 0.561. The fourth-order valence-corrected chi connectivity index (χ4v) is 3.81. The predicted octanol–water partition coefficient (Wildman–Crippen LogP) is 2.75. The molecule has 0 radical (unpaired) electrons. The Balaban J connectivity index is 1.99. The molecule has 1 aromatic rings. The number of hydrogen-bond donors (Lipinski definition) is 0. The van der Waals surface area contributed by atoms with Crippen LogP contribution in [0.25, 0.3) is 0 Å². The second-order valence-corrected chi connectivity index (χ2v) is 6.97. The van der Waals surface area contributed by atoms with Crippen molar-refractivity contribution in [2.75, 3.05) is 25.5 Å². The summed E-state index contributed by atoms with van der Waals surface area (Å²) in [5, 5.41) is 0.521. The molecule has 0 unspecified atom stereocenters. The predicted molar refractivity (Wildman–Crippen MR) is 99.8 cm³/mol. The molecule has 2 rings (SSSR count). The molecule has 0 aliphatic carbocycles. The average molecular weight is 377 g/mol. The maximum Gasteiger partial charge on any atom is 0.338 e. The second-order valence-electron chi connectivity index (χ2n) is 5.98. The molecule has 0 N–H and O–H groups in total. The lowest BCUT2D eigenvalue weighted by Crippen LogP contribution is -2.29. The molecule has 140 valence electrons. The summed E-state index contributed by atoms with van der Waals surface area (Å²) in [4.78, 5) is 37.4. The first-order valence-electron chi connectivity index (χ1n) is 8.40. The van der Waals surface area contributed by atoms with E-state index in [4.69, 9.17) is 9.47 Å². The van der Waals surface area contributed by atoms with E-state index in [2.05, 4.69) is 0 Å². The van der Waals surface area contributed by atoms with Crippen molar-refractivity contribution in [3.8, 4) is 0 Å². The Morgan fingerprint density at radius 2 is 1.85 bits per heavy atom. The van der Waals surface area contributed by atoms with Crippen molar-refractivity contribution < 1.29 is 23.9 Å². The largest absolute Gasteiger partial charge is 0.463 e. The van der Waals surface area contributed by atoms with Gasteiger partial charge in [-0.15, -0.1) is 0 Å². The maximum atomic E-state index is 12.4. The van der Waals surface area contributed by atoms with Gasteiger partial charge in [-0.05, 0) is 38.8 Å². The summed E-state index contributed by atoms with van der Waals surface area (Å²) in [5.41, 5.74) is 3.37. The van der Waals surface area contributed by atoms with Crippen LogP contribution in [0.1, 0.15) is 34.0 Å². The molecule has 1 aromatic carbocycles. The summed E-state index contributed by atoms with van der Waals surface area (Å²) in [5.74, 6) is -0.757. The molecule has 26 heavy (non-hydrogen) atoms. The van der Waals surface area contributed by atoms with E-state index < -0.39 is 11.9 Å². The summed E-state index contributed by atoms with van der Waals surface area (Å²) in [6.45, 7) is 7.96. The summed E-state index contributed by atoms with van der Waals surface area (Å²) in [6.07, 6.45) is 1.30. The number of ether oxygens (including phenoxy) is 2. The van der Waals surface area contributed by atoms with Gasteiger partial charge >= 0.3 is 11.9 Å². The fourth-order valence-electron chi connectivity index (χ4n) is 2.86. The zero-order chi connectivity index (χ0) is 19.3. The zero-order valence-corrected chi connectivity index (χ0v) is 16.3. The molecule has 0 spiro atoms. The Labute approximate surface area is 157 Å². The van der Waals surface area contributed by atoms with Crippen LogP contribution in [0.5, 0.6) is 0 Å². The molecule has 1 heterocycles. The van der Waals surface area contributed by atoms with E-state index in [1.54, 1.807) is 6.92 Å². The van der Waals surface area contributed by atoms with Gasteiger partial charge in [0.2, 0.25) is 5.91 Å². The van der Waals surface area contributed by atoms with Gasteiger partial charge in [-0.1, -0.05) is 29.5 Å². The molecule has 1 saturated heterocycles. The Bertz CT molecular complexity index is 733. The Morgan fingerprint density at radius 3 is 2.46 bits per heavy atom. The van der Waals surface area contributed by atoms with E-state index in [0.29, 0.717) is 10.6 Å². The van der Waals surface area contributed by atoms with Gasteiger partial charge in [0.25, 0.3) is 0 Å². The Hall–Kier alpha value is -2.28. The van der Waals surface area contributed by atoms with Crippen LogP contribution in [-0.4, -0.2) is 48.3 Å². The highest BCUT2D eigenvalue weighted by Crippen LogP contribution is 2.28. The van der Waals surface area contributed by atoms with Gasteiger partial charge in [0.1, 0.15) is 6.61 Å². The molecule has 0 bridgehead atoms. The average Bonchev–Trinajstić information content (AvgIpc) is 2.87. The van der Waals surface area contributed by atoms with Crippen LogP contribution in [0.2, 0.25) is 0 Å². The number of benzene rings is 1. The lowest BCUT2D eigenvalue weighted by atomic mass is 10.00. The molecule has 0 aromatic heterocycles. The normalized spacial score (nSPS) is 15.5.